The second-order valence-electron chi connectivity index (χ2n) is 6.15. The van der Waals surface area contributed by atoms with Crippen molar-refractivity contribution < 1.29 is 18.3 Å². The Morgan fingerprint density at radius 2 is 2.17 bits per heavy atom. The zero-order valence-corrected chi connectivity index (χ0v) is 17.4. The summed E-state index contributed by atoms with van der Waals surface area (Å²) in [6.45, 7) is 0.0119. The predicted octanol–water partition coefficient (Wildman–Crippen LogP) is 3.44. The van der Waals surface area contributed by atoms with Crippen molar-refractivity contribution in [2.45, 2.75) is 12.5 Å². The van der Waals surface area contributed by atoms with Crippen molar-refractivity contribution in [3.05, 3.63) is 75.3 Å². The second-order valence-corrected chi connectivity index (χ2v) is 7.26. The van der Waals surface area contributed by atoms with Crippen LogP contribution in [0.5, 0.6) is 0 Å². The van der Waals surface area contributed by atoms with E-state index in [-0.39, 0.29) is 30.9 Å². The number of carbonyl (C=O) groups excluding carboxylic acids is 1. The number of hydrogen-bond donors (Lipinski definition) is 2. The van der Waals surface area contributed by atoms with Gasteiger partial charge in [0.15, 0.2) is 0 Å². The Kier molecular flexibility index (Phi) is 8.04. The number of ether oxygens (including phenoxy) is 1. The summed E-state index contributed by atoms with van der Waals surface area (Å²) in [5.41, 5.74) is 5.88. The molecule has 0 aliphatic carbocycles. The molecule has 3 rings (SSSR count). The molecule has 1 aromatic carbocycles. The van der Waals surface area contributed by atoms with Gasteiger partial charge in [-0.25, -0.2) is 23.5 Å². The molecule has 11 heteroatoms. The average Bonchev–Trinajstić information content (AvgIpc) is 3.38. The highest BCUT2D eigenvalue weighted by Gasteiger charge is 2.21. The molecule has 160 valence electrons. The van der Waals surface area contributed by atoms with Gasteiger partial charge in [-0.2, -0.15) is 5.10 Å². The van der Waals surface area contributed by atoms with E-state index in [1.165, 1.54) is 41.5 Å². The van der Waals surface area contributed by atoms with E-state index in [4.69, 9.17) is 5.73 Å². The first-order valence-corrected chi connectivity index (χ1v) is 9.37. The number of nitrogens with zero attached hydrogens (tertiary/aromatic N) is 2. The lowest BCUT2D eigenvalue weighted by Crippen LogP contribution is -2.23. The number of nitrogens with two attached hydrogens (primary N) is 1. The SMILES string of the molecule is COC(=O)c1ccc(-c2ccc(C(C/C(=C\F)CN)n3cn[nH]c3=O)s2)cc1F.Cl. The molecule has 2 aromatic heterocycles. The van der Waals surface area contributed by atoms with Crippen molar-refractivity contribution in [1.29, 1.82) is 0 Å². The molecular weight excluding hydrogens is 438 g/mol. The fourth-order valence-electron chi connectivity index (χ4n) is 2.87. The van der Waals surface area contributed by atoms with Crippen molar-refractivity contribution in [2.24, 2.45) is 5.73 Å². The third kappa shape index (κ3) is 4.84. The molecule has 0 aliphatic rings. The molecule has 0 saturated heterocycles. The van der Waals surface area contributed by atoms with Gasteiger partial charge in [0.25, 0.3) is 0 Å². The number of esters is 1. The number of hydrogen-bond acceptors (Lipinski definition) is 6. The molecule has 0 aliphatic heterocycles. The van der Waals surface area contributed by atoms with Crippen LogP contribution in [0.4, 0.5) is 8.78 Å². The van der Waals surface area contributed by atoms with Gasteiger partial charge in [0.1, 0.15) is 12.1 Å². The number of thiophene rings is 1. The van der Waals surface area contributed by atoms with Crippen LogP contribution in [0.3, 0.4) is 0 Å². The minimum atomic E-state index is -0.757. The number of H-pyrrole nitrogens is 1. The Morgan fingerprint density at radius 3 is 2.73 bits per heavy atom. The molecule has 0 bridgehead atoms. The summed E-state index contributed by atoms with van der Waals surface area (Å²) in [5, 5.41) is 6.05. The highest BCUT2D eigenvalue weighted by Crippen LogP contribution is 2.35. The molecule has 2 heterocycles. The summed E-state index contributed by atoms with van der Waals surface area (Å²) in [6.07, 6.45) is 1.96. The number of benzene rings is 1. The lowest BCUT2D eigenvalue weighted by Gasteiger charge is -2.16. The van der Waals surface area contributed by atoms with Crippen molar-refractivity contribution >= 4 is 29.7 Å². The van der Waals surface area contributed by atoms with Crippen LogP contribution in [0, 0.1) is 5.82 Å². The van der Waals surface area contributed by atoms with Crippen LogP contribution in [-0.2, 0) is 4.74 Å². The predicted molar refractivity (Wildman–Crippen MR) is 112 cm³/mol. The number of aromatic amines is 1. The molecule has 1 atom stereocenters. The monoisotopic (exact) mass is 456 g/mol. The van der Waals surface area contributed by atoms with Gasteiger partial charge in [-0.05, 0) is 41.8 Å². The first-order valence-electron chi connectivity index (χ1n) is 8.56. The molecule has 1 unspecified atom stereocenters. The smallest absolute Gasteiger partial charge is 0.343 e. The minimum Gasteiger partial charge on any atom is -0.465 e. The van der Waals surface area contributed by atoms with E-state index in [1.54, 1.807) is 18.2 Å². The molecule has 0 spiro atoms. The van der Waals surface area contributed by atoms with E-state index >= 15 is 0 Å². The molecule has 7 nitrogen and oxygen atoms in total. The van der Waals surface area contributed by atoms with E-state index in [1.807, 2.05) is 0 Å². The van der Waals surface area contributed by atoms with Gasteiger partial charge in [0, 0.05) is 16.3 Å². The second kappa shape index (κ2) is 10.3. The van der Waals surface area contributed by atoms with E-state index in [0.29, 0.717) is 17.5 Å². The van der Waals surface area contributed by atoms with Gasteiger partial charge in [0.05, 0.1) is 25.0 Å². The lowest BCUT2D eigenvalue weighted by molar-refractivity contribution is 0.0595. The van der Waals surface area contributed by atoms with Crippen molar-refractivity contribution in [1.82, 2.24) is 14.8 Å². The summed E-state index contributed by atoms with van der Waals surface area (Å²) in [7, 11) is 1.18. The Hall–Kier alpha value is -2.82. The number of nitrogens with one attached hydrogen (secondary N) is 1. The summed E-state index contributed by atoms with van der Waals surface area (Å²) >= 11 is 1.32. The fraction of sp³-hybridized carbons (Fsp3) is 0.211. The van der Waals surface area contributed by atoms with Crippen LogP contribution in [0.2, 0.25) is 0 Å². The molecule has 30 heavy (non-hydrogen) atoms. The zero-order chi connectivity index (χ0) is 21.0. The summed E-state index contributed by atoms with van der Waals surface area (Å²) in [5.74, 6) is -1.45. The summed E-state index contributed by atoms with van der Waals surface area (Å²) in [6, 6.07) is 7.23. The number of carbonyl (C=O) groups is 1. The van der Waals surface area contributed by atoms with Gasteiger partial charge in [0.2, 0.25) is 0 Å². The number of halogens is 3. The first kappa shape index (κ1) is 23.5. The lowest BCUT2D eigenvalue weighted by atomic mass is 10.1. The van der Waals surface area contributed by atoms with Gasteiger partial charge >= 0.3 is 11.7 Å². The van der Waals surface area contributed by atoms with Crippen LogP contribution in [0.1, 0.15) is 27.7 Å². The molecule has 0 fully saturated rings. The van der Waals surface area contributed by atoms with Crippen molar-refractivity contribution in [3.8, 4) is 10.4 Å². The Morgan fingerprint density at radius 1 is 1.40 bits per heavy atom. The molecule has 0 saturated carbocycles. The minimum absolute atomic E-state index is 0. The fourth-order valence-corrected chi connectivity index (χ4v) is 3.97. The Balaban J connectivity index is 0.00000320. The van der Waals surface area contributed by atoms with E-state index < -0.39 is 23.5 Å². The third-order valence-electron chi connectivity index (χ3n) is 4.40. The van der Waals surface area contributed by atoms with Crippen LogP contribution in [0.25, 0.3) is 10.4 Å². The highest BCUT2D eigenvalue weighted by molar-refractivity contribution is 7.15. The zero-order valence-electron chi connectivity index (χ0n) is 15.8. The molecule has 0 radical (unpaired) electrons. The Bertz CT molecular complexity index is 1110. The maximum atomic E-state index is 14.3. The van der Waals surface area contributed by atoms with Crippen LogP contribution >= 0.6 is 23.7 Å². The summed E-state index contributed by atoms with van der Waals surface area (Å²) < 4.78 is 33.3. The molecule has 3 aromatic rings. The molecular formula is C19H19ClF2N4O3S. The van der Waals surface area contributed by atoms with Gasteiger partial charge in [-0.3, -0.25) is 4.57 Å². The van der Waals surface area contributed by atoms with Gasteiger partial charge in [-0.15, -0.1) is 23.7 Å². The van der Waals surface area contributed by atoms with Crippen molar-refractivity contribution in [3.63, 3.8) is 0 Å². The Labute approximate surface area is 180 Å². The normalized spacial score (nSPS) is 12.3. The van der Waals surface area contributed by atoms with Gasteiger partial charge < -0.3 is 10.5 Å². The van der Waals surface area contributed by atoms with E-state index in [9.17, 15) is 18.4 Å². The van der Waals surface area contributed by atoms with Crippen LogP contribution in [0.15, 0.2) is 53.4 Å². The quantitative estimate of drug-likeness (QED) is 0.530. The average molecular weight is 457 g/mol. The standard InChI is InChI=1S/C19H18F2N4O3S.ClH/c1-28-18(26)13-3-2-12(7-14(13)21)16-4-5-17(29-16)15(6-11(8-20)9-22)25-10-23-24-19(25)27;/h2-5,7-8,10,15H,6,9,22H2,1H3,(H,24,27);1H/b11-8+;. The van der Waals surface area contributed by atoms with E-state index in [2.05, 4.69) is 14.9 Å². The maximum absolute atomic E-state index is 14.3. The van der Waals surface area contributed by atoms with E-state index in [0.717, 1.165) is 9.75 Å². The highest BCUT2D eigenvalue weighted by atomic mass is 35.5. The summed E-state index contributed by atoms with van der Waals surface area (Å²) in [4.78, 5) is 25.1. The largest absolute Gasteiger partial charge is 0.465 e. The maximum Gasteiger partial charge on any atom is 0.343 e. The van der Waals surface area contributed by atoms with Crippen LogP contribution in [-0.4, -0.2) is 34.4 Å². The third-order valence-corrected chi connectivity index (χ3v) is 5.63. The number of methoxy groups -OCH3 is 1. The van der Waals surface area contributed by atoms with Gasteiger partial charge in [-0.1, -0.05) is 6.07 Å². The first-order chi connectivity index (χ1) is 14.0. The molecule has 3 N–H and O–H groups in total. The molecule has 0 amide bonds. The van der Waals surface area contributed by atoms with Crippen molar-refractivity contribution in [2.75, 3.05) is 13.7 Å². The topological polar surface area (TPSA) is 103 Å². The van der Waals surface area contributed by atoms with Crippen LogP contribution < -0.4 is 11.4 Å². The number of rotatable bonds is 7. The number of aromatic nitrogens is 3.